The number of aromatic nitrogens is 4. The smallest absolute Gasteiger partial charge is 0.315 e. The topological polar surface area (TPSA) is 96.9 Å². The first-order chi connectivity index (χ1) is 15.1. The van der Waals surface area contributed by atoms with E-state index in [1.54, 1.807) is 13.3 Å². The summed E-state index contributed by atoms with van der Waals surface area (Å²) in [5, 5.41) is 5.97. The predicted octanol–water partition coefficient (Wildman–Crippen LogP) is 3.33. The zero-order valence-electron chi connectivity index (χ0n) is 17.6. The Balaban J connectivity index is 1.35. The summed E-state index contributed by atoms with van der Waals surface area (Å²) in [4.78, 5) is 24.9. The maximum atomic E-state index is 12.6. The van der Waals surface area contributed by atoms with Gasteiger partial charge in [0.2, 0.25) is 0 Å². The third-order valence-corrected chi connectivity index (χ3v) is 5.16. The molecule has 0 aliphatic carbocycles. The fraction of sp³-hybridized carbons (Fsp3) is 0.261. The van der Waals surface area contributed by atoms with Crippen LogP contribution in [0.3, 0.4) is 0 Å². The number of nitrogens with one attached hydrogen (secondary N) is 3. The first kappa shape index (κ1) is 20.5. The molecule has 4 aromatic rings. The number of methoxy groups -OCH3 is 1. The maximum Gasteiger partial charge on any atom is 0.315 e. The Bertz CT molecular complexity index is 1120. The summed E-state index contributed by atoms with van der Waals surface area (Å²) in [6.07, 6.45) is 5.12. The fourth-order valence-corrected chi connectivity index (χ4v) is 3.51. The van der Waals surface area contributed by atoms with Gasteiger partial charge in [-0.3, -0.25) is 0 Å². The molecule has 0 fully saturated rings. The number of amides is 2. The third-order valence-electron chi connectivity index (χ3n) is 5.16. The van der Waals surface area contributed by atoms with Crippen LogP contribution < -0.4 is 15.4 Å². The molecular weight excluding hydrogens is 392 g/mol. The summed E-state index contributed by atoms with van der Waals surface area (Å²) in [6.45, 7) is 0.540. The number of carbonyl (C=O) groups excluding carboxylic acids is 1. The van der Waals surface area contributed by atoms with Gasteiger partial charge in [-0.25, -0.2) is 14.8 Å². The lowest BCUT2D eigenvalue weighted by Crippen LogP contribution is -2.39. The van der Waals surface area contributed by atoms with Crippen molar-refractivity contribution in [2.75, 3.05) is 13.7 Å². The van der Waals surface area contributed by atoms with Gasteiger partial charge < -0.3 is 24.9 Å². The van der Waals surface area contributed by atoms with E-state index in [1.807, 2.05) is 66.3 Å². The van der Waals surface area contributed by atoms with Crippen LogP contribution in [0.4, 0.5) is 4.79 Å². The van der Waals surface area contributed by atoms with Gasteiger partial charge in [0, 0.05) is 32.4 Å². The van der Waals surface area contributed by atoms with Gasteiger partial charge in [-0.1, -0.05) is 24.3 Å². The summed E-state index contributed by atoms with van der Waals surface area (Å²) in [5.74, 6) is 2.44. The number of aromatic amines is 1. The van der Waals surface area contributed by atoms with Crippen molar-refractivity contribution < 1.29 is 9.53 Å². The Hall–Kier alpha value is -3.81. The van der Waals surface area contributed by atoms with E-state index < -0.39 is 0 Å². The van der Waals surface area contributed by atoms with Crippen LogP contribution in [0.2, 0.25) is 0 Å². The number of ether oxygens (including phenoxy) is 1. The molecule has 2 aromatic carbocycles. The normalized spacial score (nSPS) is 11.9. The molecule has 0 saturated carbocycles. The third kappa shape index (κ3) is 4.85. The van der Waals surface area contributed by atoms with Gasteiger partial charge in [-0.2, -0.15) is 0 Å². The standard InChI is InChI=1S/C23H26N6O2/c1-29-15-14-24-22(29)21(16-9-11-17(31-2)12-10-16)28-23(30)25-13-5-8-20-26-18-6-3-4-7-19(18)27-20/h3-4,6-7,9-12,14-15,21H,5,8,13H2,1-2H3,(H,26,27)(H2,25,28,30). The number of benzene rings is 2. The van der Waals surface area contributed by atoms with Crippen LogP contribution in [0.1, 0.15) is 29.7 Å². The highest BCUT2D eigenvalue weighted by Gasteiger charge is 2.20. The number of aryl methyl sites for hydroxylation is 2. The summed E-state index contributed by atoms with van der Waals surface area (Å²) in [5.41, 5.74) is 2.91. The number of hydrogen-bond acceptors (Lipinski definition) is 4. The van der Waals surface area contributed by atoms with Crippen molar-refractivity contribution in [1.29, 1.82) is 0 Å². The van der Waals surface area contributed by atoms with Gasteiger partial charge in [0.25, 0.3) is 0 Å². The number of hydrogen-bond donors (Lipinski definition) is 3. The second kappa shape index (κ2) is 9.34. The fourth-order valence-electron chi connectivity index (χ4n) is 3.51. The van der Waals surface area contributed by atoms with Crippen LogP contribution in [0.5, 0.6) is 5.75 Å². The minimum absolute atomic E-state index is 0.242. The second-order valence-corrected chi connectivity index (χ2v) is 7.31. The van der Waals surface area contributed by atoms with Crippen LogP contribution in [0.15, 0.2) is 60.9 Å². The van der Waals surface area contributed by atoms with Crippen molar-refractivity contribution in [3.8, 4) is 5.75 Å². The highest BCUT2D eigenvalue weighted by atomic mass is 16.5. The molecule has 0 aliphatic heterocycles. The summed E-state index contributed by atoms with van der Waals surface area (Å²) < 4.78 is 7.14. The quantitative estimate of drug-likeness (QED) is 0.383. The summed E-state index contributed by atoms with van der Waals surface area (Å²) >= 11 is 0. The molecule has 1 atom stereocenters. The zero-order valence-corrected chi connectivity index (χ0v) is 17.6. The number of fused-ring (bicyclic) bond motifs is 1. The molecule has 0 aliphatic rings. The number of rotatable bonds is 8. The first-order valence-electron chi connectivity index (χ1n) is 10.2. The molecule has 8 nitrogen and oxygen atoms in total. The average molecular weight is 419 g/mol. The maximum absolute atomic E-state index is 12.6. The molecule has 31 heavy (non-hydrogen) atoms. The van der Waals surface area contributed by atoms with Gasteiger partial charge in [-0.15, -0.1) is 0 Å². The minimum atomic E-state index is -0.374. The van der Waals surface area contributed by atoms with Crippen LogP contribution in [-0.4, -0.2) is 39.2 Å². The Morgan fingerprint density at radius 3 is 2.71 bits per heavy atom. The number of H-pyrrole nitrogens is 1. The van der Waals surface area contributed by atoms with Crippen molar-refractivity contribution in [2.45, 2.75) is 18.9 Å². The number of imidazole rings is 2. The van der Waals surface area contributed by atoms with Crippen molar-refractivity contribution in [3.63, 3.8) is 0 Å². The lowest BCUT2D eigenvalue weighted by molar-refractivity contribution is 0.238. The SMILES string of the molecule is COc1ccc(C(NC(=O)NCCCc2nc3ccccc3[nH]2)c2nccn2C)cc1. The van der Waals surface area contributed by atoms with Crippen LogP contribution in [-0.2, 0) is 13.5 Å². The molecule has 1 unspecified atom stereocenters. The van der Waals surface area contributed by atoms with Crippen molar-refractivity contribution >= 4 is 17.1 Å². The van der Waals surface area contributed by atoms with Gasteiger partial charge in [0.05, 0.1) is 18.1 Å². The van der Waals surface area contributed by atoms with E-state index in [2.05, 4.69) is 25.6 Å². The number of carbonyl (C=O) groups is 1. The lowest BCUT2D eigenvalue weighted by atomic mass is 10.1. The first-order valence-corrected chi connectivity index (χ1v) is 10.2. The lowest BCUT2D eigenvalue weighted by Gasteiger charge is -2.20. The molecule has 2 heterocycles. The van der Waals surface area contributed by atoms with Crippen molar-refractivity contribution in [3.05, 3.63) is 78.1 Å². The Kier molecular flexibility index (Phi) is 6.16. The van der Waals surface area contributed by atoms with Gasteiger partial charge in [-0.05, 0) is 36.2 Å². The molecule has 3 N–H and O–H groups in total. The van der Waals surface area contributed by atoms with E-state index in [0.29, 0.717) is 6.54 Å². The Labute approximate surface area is 180 Å². The summed E-state index contributed by atoms with van der Waals surface area (Å²) in [7, 11) is 3.54. The zero-order chi connectivity index (χ0) is 21.6. The molecule has 4 rings (SSSR count). The number of urea groups is 1. The second-order valence-electron chi connectivity index (χ2n) is 7.31. The molecular formula is C23H26N6O2. The molecule has 0 saturated heterocycles. The van der Waals surface area contributed by atoms with E-state index in [9.17, 15) is 4.79 Å². The molecule has 160 valence electrons. The van der Waals surface area contributed by atoms with E-state index in [0.717, 1.165) is 46.8 Å². The molecule has 0 radical (unpaired) electrons. The van der Waals surface area contributed by atoms with Crippen LogP contribution in [0, 0.1) is 0 Å². The number of nitrogens with zero attached hydrogens (tertiary/aromatic N) is 3. The molecule has 8 heteroatoms. The predicted molar refractivity (Wildman–Crippen MR) is 119 cm³/mol. The van der Waals surface area contributed by atoms with E-state index >= 15 is 0 Å². The van der Waals surface area contributed by atoms with Crippen molar-refractivity contribution in [2.24, 2.45) is 7.05 Å². The molecule has 2 aromatic heterocycles. The molecule has 0 bridgehead atoms. The van der Waals surface area contributed by atoms with Crippen LogP contribution >= 0.6 is 0 Å². The highest BCUT2D eigenvalue weighted by molar-refractivity contribution is 5.75. The highest BCUT2D eigenvalue weighted by Crippen LogP contribution is 2.23. The van der Waals surface area contributed by atoms with E-state index in [-0.39, 0.29) is 12.1 Å². The molecule has 2 amide bonds. The van der Waals surface area contributed by atoms with E-state index in [1.165, 1.54) is 0 Å². The van der Waals surface area contributed by atoms with Crippen molar-refractivity contribution in [1.82, 2.24) is 30.2 Å². The Morgan fingerprint density at radius 1 is 1.19 bits per heavy atom. The molecule has 0 spiro atoms. The number of para-hydroxylation sites is 2. The van der Waals surface area contributed by atoms with Gasteiger partial charge in [0.15, 0.2) is 0 Å². The van der Waals surface area contributed by atoms with E-state index in [4.69, 9.17) is 4.74 Å². The minimum Gasteiger partial charge on any atom is -0.497 e. The summed E-state index contributed by atoms with van der Waals surface area (Å²) in [6, 6.07) is 14.9. The van der Waals surface area contributed by atoms with Gasteiger partial charge in [0.1, 0.15) is 23.4 Å². The van der Waals surface area contributed by atoms with Crippen LogP contribution in [0.25, 0.3) is 11.0 Å². The average Bonchev–Trinajstić information content (AvgIpc) is 3.40. The van der Waals surface area contributed by atoms with Gasteiger partial charge >= 0.3 is 6.03 Å². The monoisotopic (exact) mass is 418 g/mol. The Morgan fingerprint density at radius 2 is 2.00 bits per heavy atom. The largest absolute Gasteiger partial charge is 0.497 e.